The van der Waals surface area contributed by atoms with Gasteiger partial charge in [-0.3, -0.25) is 15.3 Å². The fourth-order valence-corrected chi connectivity index (χ4v) is 4.80. The summed E-state index contributed by atoms with van der Waals surface area (Å²) in [6.07, 6.45) is 5.49. The van der Waals surface area contributed by atoms with Crippen LogP contribution in [0.2, 0.25) is 0 Å². The van der Waals surface area contributed by atoms with Crippen LogP contribution in [0.4, 0.5) is 5.69 Å². The molecule has 2 heterocycles. The van der Waals surface area contributed by atoms with Gasteiger partial charge in [0, 0.05) is 54.2 Å². The number of aliphatic imine (C=N–C) groups is 1. The number of benzene rings is 2. The minimum absolute atomic E-state index is 0.232. The molecule has 1 aliphatic rings. The molecule has 0 saturated carbocycles. The number of likely N-dealkylation sites (tertiary alicyclic amines) is 1. The molecule has 1 unspecified atom stereocenters. The van der Waals surface area contributed by atoms with Gasteiger partial charge in [-0.1, -0.05) is 12.1 Å². The van der Waals surface area contributed by atoms with Gasteiger partial charge in [0.15, 0.2) is 0 Å². The van der Waals surface area contributed by atoms with Gasteiger partial charge in [0.1, 0.15) is 0 Å². The molecule has 1 aliphatic heterocycles. The second kappa shape index (κ2) is 10.3. The Morgan fingerprint density at radius 1 is 1.24 bits per heavy atom. The summed E-state index contributed by atoms with van der Waals surface area (Å²) in [5.74, 6) is -0.232. The Kier molecular flexibility index (Phi) is 7.24. The van der Waals surface area contributed by atoms with Crippen molar-refractivity contribution in [3.63, 3.8) is 0 Å². The molecule has 7 nitrogen and oxygen atoms in total. The Morgan fingerprint density at radius 2 is 2.00 bits per heavy atom. The second-order valence-corrected chi connectivity index (χ2v) is 9.38. The van der Waals surface area contributed by atoms with Gasteiger partial charge in [0.25, 0.3) is 0 Å². The van der Waals surface area contributed by atoms with Gasteiger partial charge in [0.05, 0.1) is 17.3 Å². The number of nitrogens with zero attached hydrogens (tertiary/aromatic N) is 3. The van der Waals surface area contributed by atoms with Crippen LogP contribution in [0.5, 0.6) is 0 Å². The van der Waals surface area contributed by atoms with Crippen LogP contribution in [0.15, 0.2) is 47.5 Å². The first-order valence-electron chi connectivity index (χ1n) is 11.8. The number of H-pyrrole nitrogens is 1. The molecule has 1 aromatic heterocycles. The van der Waals surface area contributed by atoms with E-state index in [-0.39, 0.29) is 5.92 Å². The Morgan fingerprint density at radius 3 is 2.71 bits per heavy atom. The van der Waals surface area contributed by atoms with Crippen LogP contribution in [0.1, 0.15) is 41.1 Å². The number of rotatable bonds is 8. The molecule has 1 fully saturated rings. The molecule has 0 bridgehead atoms. The predicted octanol–water partition coefficient (Wildman–Crippen LogP) is 4.13. The normalized spacial score (nSPS) is 16.5. The largest absolute Gasteiger partial charge is 0.398 e. The predicted molar refractivity (Wildman–Crippen MR) is 143 cm³/mol. The summed E-state index contributed by atoms with van der Waals surface area (Å²) < 4.78 is 0. The van der Waals surface area contributed by atoms with E-state index in [0.717, 1.165) is 41.8 Å². The van der Waals surface area contributed by atoms with Crippen LogP contribution < -0.4 is 5.73 Å². The maximum Gasteiger partial charge on any atom is 0.0868 e. The van der Waals surface area contributed by atoms with Gasteiger partial charge in [-0.15, -0.1) is 0 Å². The van der Waals surface area contributed by atoms with E-state index in [1.165, 1.54) is 24.6 Å². The molecule has 2 aromatic carbocycles. The van der Waals surface area contributed by atoms with Crippen LogP contribution >= 0.6 is 0 Å². The van der Waals surface area contributed by atoms with E-state index >= 15 is 0 Å². The van der Waals surface area contributed by atoms with Crippen LogP contribution in [0.25, 0.3) is 10.9 Å². The number of hydrogen-bond donors (Lipinski definition) is 4. The molecular weight excluding hydrogens is 422 g/mol. The monoisotopic (exact) mass is 457 g/mol. The molecule has 0 radical (unpaired) electrons. The van der Waals surface area contributed by atoms with Crippen molar-refractivity contribution >= 4 is 34.7 Å². The average Bonchev–Trinajstić information content (AvgIpc) is 3.26. The number of fused-ring (bicyclic) bond motifs is 1. The van der Waals surface area contributed by atoms with Crippen molar-refractivity contribution in [2.75, 3.05) is 40.0 Å². The summed E-state index contributed by atoms with van der Waals surface area (Å²) in [6, 6.07) is 14.7. The number of piperidine rings is 1. The first-order valence-corrected chi connectivity index (χ1v) is 11.8. The Hall–Kier alpha value is -3.29. The summed E-state index contributed by atoms with van der Waals surface area (Å²) in [6.45, 7) is 3.24. The van der Waals surface area contributed by atoms with Gasteiger partial charge in [0.2, 0.25) is 0 Å². The highest BCUT2D eigenvalue weighted by atomic mass is 15.2. The van der Waals surface area contributed by atoms with Gasteiger partial charge in [-0.05, 0) is 81.5 Å². The highest BCUT2D eigenvalue weighted by molar-refractivity contribution is 6.14. The fraction of sp³-hybridized carbons (Fsp3) is 0.370. The molecule has 0 spiro atoms. The quantitative estimate of drug-likeness (QED) is 0.302. The molecule has 0 aliphatic carbocycles. The van der Waals surface area contributed by atoms with Crippen molar-refractivity contribution in [3.8, 4) is 0 Å². The SMILES string of the molecule is CN=CC(C=N)c1ccc(N)c(C(=N)c2cc3cc(CN(C)C4CCN(C)CC4)ccc3[nH]2)c1. The van der Waals surface area contributed by atoms with Crippen molar-refractivity contribution in [3.05, 3.63) is 64.8 Å². The molecule has 1 atom stereocenters. The standard InChI is InChI=1S/C27H35N7/c1-31-16-21(15-28)19-5-6-24(29)23(13-19)27(30)26-14-20-12-18(4-7-25(20)32-26)17-34(3)22-8-10-33(2)11-9-22/h4-7,12-16,21-22,28,30,32H,8-11,17,29H2,1-3H3. The van der Waals surface area contributed by atoms with Gasteiger partial charge < -0.3 is 21.0 Å². The lowest BCUT2D eigenvalue weighted by atomic mass is 9.95. The number of aromatic amines is 1. The minimum Gasteiger partial charge on any atom is -0.398 e. The average molecular weight is 458 g/mol. The first-order chi connectivity index (χ1) is 16.4. The molecule has 7 heteroatoms. The lowest BCUT2D eigenvalue weighted by Gasteiger charge is -2.35. The van der Waals surface area contributed by atoms with Crippen molar-refractivity contribution in [2.45, 2.75) is 31.3 Å². The zero-order valence-electron chi connectivity index (χ0n) is 20.3. The van der Waals surface area contributed by atoms with E-state index in [0.29, 0.717) is 23.0 Å². The molecule has 34 heavy (non-hydrogen) atoms. The van der Waals surface area contributed by atoms with E-state index in [4.69, 9.17) is 16.6 Å². The fourth-order valence-electron chi connectivity index (χ4n) is 4.80. The Bertz CT molecular complexity index is 1200. The first kappa shape index (κ1) is 23.9. The summed E-state index contributed by atoms with van der Waals surface area (Å²) in [5.41, 5.74) is 11.7. The number of anilines is 1. The number of hydrogen-bond acceptors (Lipinski definition) is 6. The zero-order valence-corrected chi connectivity index (χ0v) is 20.3. The molecule has 5 N–H and O–H groups in total. The third-order valence-electron chi connectivity index (χ3n) is 6.92. The van der Waals surface area contributed by atoms with Crippen LogP contribution in [-0.2, 0) is 6.54 Å². The molecule has 1 saturated heterocycles. The molecule has 4 rings (SSSR count). The molecular formula is C27H35N7. The van der Waals surface area contributed by atoms with Crippen LogP contribution in [0.3, 0.4) is 0 Å². The van der Waals surface area contributed by atoms with Crippen molar-refractivity contribution in [1.82, 2.24) is 14.8 Å². The number of nitrogen functional groups attached to an aromatic ring is 1. The van der Waals surface area contributed by atoms with Crippen molar-refractivity contribution < 1.29 is 0 Å². The van der Waals surface area contributed by atoms with E-state index in [1.54, 1.807) is 19.3 Å². The molecule has 3 aromatic rings. The summed E-state index contributed by atoms with van der Waals surface area (Å²) in [5, 5.41) is 17.6. The highest BCUT2D eigenvalue weighted by Crippen LogP contribution is 2.25. The number of nitrogens with one attached hydrogen (secondary N) is 3. The van der Waals surface area contributed by atoms with Crippen molar-refractivity contribution in [2.24, 2.45) is 4.99 Å². The smallest absolute Gasteiger partial charge is 0.0868 e. The van der Waals surface area contributed by atoms with Crippen molar-refractivity contribution in [1.29, 1.82) is 10.8 Å². The summed E-state index contributed by atoms with van der Waals surface area (Å²) >= 11 is 0. The summed E-state index contributed by atoms with van der Waals surface area (Å²) in [7, 11) is 6.11. The van der Waals surface area contributed by atoms with Gasteiger partial charge in [-0.25, -0.2) is 0 Å². The number of aromatic nitrogens is 1. The maximum atomic E-state index is 8.84. The van der Waals surface area contributed by atoms with Gasteiger partial charge >= 0.3 is 0 Å². The van der Waals surface area contributed by atoms with Crippen LogP contribution in [0, 0.1) is 10.8 Å². The molecule has 0 amide bonds. The van der Waals surface area contributed by atoms with E-state index in [1.807, 2.05) is 18.2 Å². The van der Waals surface area contributed by atoms with E-state index < -0.39 is 0 Å². The highest BCUT2D eigenvalue weighted by Gasteiger charge is 2.21. The van der Waals surface area contributed by atoms with E-state index in [9.17, 15) is 0 Å². The molecule has 178 valence electrons. The topological polar surface area (TPSA) is 108 Å². The Labute approximate surface area is 201 Å². The lowest BCUT2D eigenvalue weighted by molar-refractivity contribution is 0.139. The van der Waals surface area contributed by atoms with Crippen LogP contribution in [-0.4, -0.2) is 73.2 Å². The number of nitrogens with two attached hydrogens (primary N) is 1. The van der Waals surface area contributed by atoms with Gasteiger partial charge in [-0.2, -0.15) is 0 Å². The summed E-state index contributed by atoms with van der Waals surface area (Å²) in [4.78, 5) is 12.3. The zero-order chi connectivity index (χ0) is 24.2. The minimum atomic E-state index is -0.232. The third-order valence-corrected chi connectivity index (χ3v) is 6.92. The Balaban J connectivity index is 1.55. The maximum absolute atomic E-state index is 8.84. The third kappa shape index (κ3) is 5.11. The van der Waals surface area contributed by atoms with E-state index in [2.05, 4.69) is 52.1 Å². The second-order valence-electron chi connectivity index (χ2n) is 9.38. The lowest BCUT2D eigenvalue weighted by Crippen LogP contribution is -2.41.